The lowest BCUT2D eigenvalue weighted by atomic mass is 10.1. The summed E-state index contributed by atoms with van der Waals surface area (Å²) in [5, 5.41) is 2.99. The van der Waals surface area contributed by atoms with Crippen molar-refractivity contribution in [2.24, 2.45) is 5.92 Å². The molecule has 0 saturated carbocycles. The van der Waals surface area contributed by atoms with Crippen molar-refractivity contribution in [1.29, 1.82) is 0 Å². The number of rotatable bonds is 8. The van der Waals surface area contributed by atoms with Crippen LogP contribution >= 0.6 is 12.4 Å². The number of hydrogen-bond acceptors (Lipinski definition) is 5. The Labute approximate surface area is 133 Å². The van der Waals surface area contributed by atoms with Gasteiger partial charge in [0.15, 0.2) is 9.84 Å². The van der Waals surface area contributed by atoms with Crippen molar-refractivity contribution in [3.63, 3.8) is 0 Å². The maximum Gasteiger partial charge on any atom is 0.226 e. The van der Waals surface area contributed by atoms with Crippen LogP contribution in [-0.4, -0.2) is 70.6 Å². The minimum Gasteiger partial charge on any atom is -0.385 e. The van der Waals surface area contributed by atoms with E-state index in [1.807, 2.05) is 6.92 Å². The number of nitrogens with zero attached hydrogens (tertiary/aromatic N) is 1. The van der Waals surface area contributed by atoms with Gasteiger partial charge in [0, 0.05) is 38.8 Å². The smallest absolute Gasteiger partial charge is 0.226 e. The number of carbonyl (C=O) groups excluding carboxylic acids is 1. The van der Waals surface area contributed by atoms with Crippen LogP contribution < -0.4 is 5.32 Å². The van der Waals surface area contributed by atoms with Crippen LogP contribution in [0.4, 0.5) is 0 Å². The molecule has 1 rings (SSSR count). The van der Waals surface area contributed by atoms with Gasteiger partial charge in [0.25, 0.3) is 0 Å². The average molecular weight is 343 g/mol. The van der Waals surface area contributed by atoms with Gasteiger partial charge < -0.3 is 15.0 Å². The minimum atomic E-state index is -2.98. The van der Waals surface area contributed by atoms with Gasteiger partial charge in [-0.15, -0.1) is 12.4 Å². The summed E-state index contributed by atoms with van der Waals surface area (Å²) in [4.78, 5) is 14.2. The summed E-state index contributed by atoms with van der Waals surface area (Å²) in [6, 6.07) is -0.177. The zero-order chi connectivity index (χ0) is 15.2. The second-order valence-corrected chi connectivity index (χ2v) is 7.62. The van der Waals surface area contributed by atoms with Crippen molar-refractivity contribution in [3.05, 3.63) is 0 Å². The van der Waals surface area contributed by atoms with E-state index < -0.39 is 9.84 Å². The van der Waals surface area contributed by atoms with Gasteiger partial charge in [-0.1, -0.05) is 6.92 Å². The third-order valence-electron chi connectivity index (χ3n) is 3.61. The molecule has 0 radical (unpaired) electrons. The molecule has 0 spiro atoms. The Morgan fingerprint density at radius 3 is 2.62 bits per heavy atom. The second-order valence-electron chi connectivity index (χ2n) is 5.39. The summed E-state index contributed by atoms with van der Waals surface area (Å²) in [7, 11) is 0.442. The maximum atomic E-state index is 12.5. The molecular weight excluding hydrogens is 316 g/mol. The number of amides is 1. The van der Waals surface area contributed by atoms with E-state index in [2.05, 4.69) is 5.32 Å². The molecule has 1 saturated heterocycles. The van der Waals surface area contributed by atoms with Crippen molar-refractivity contribution < 1.29 is 17.9 Å². The first kappa shape index (κ1) is 20.6. The zero-order valence-electron chi connectivity index (χ0n) is 13.0. The summed E-state index contributed by atoms with van der Waals surface area (Å²) in [5.74, 6) is 0.160. The molecule has 1 fully saturated rings. The highest BCUT2D eigenvalue weighted by Gasteiger charge is 2.35. The molecule has 0 bridgehead atoms. The Bertz CT molecular complexity index is 416. The van der Waals surface area contributed by atoms with Crippen LogP contribution in [0.5, 0.6) is 0 Å². The number of ether oxygens (including phenoxy) is 1. The van der Waals surface area contributed by atoms with Crippen molar-refractivity contribution in [2.45, 2.75) is 25.8 Å². The molecule has 0 aromatic carbocycles. The predicted octanol–water partition coefficient (Wildman–Crippen LogP) is 0.316. The summed E-state index contributed by atoms with van der Waals surface area (Å²) in [5.41, 5.74) is 0. The first-order chi connectivity index (χ1) is 9.41. The predicted molar refractivity (Wildman–Crippen MR) is 85.6 cm³/mol. The molecule has 126 valence electrons. The van der Waals surface area contributed by atoms with E-state index in [1.54, 1.807) is 19.1 Å². The lowest BCUT2D eigenvalue weighted by Crippen LogP contribution is -2.46. The molecule has 0 aromatic heterocycles. The molecule has 1 heterocycles. The molecular formula is C13H27ClN2O4S. The SMILES string of the molecule is CNCC(C)C(=O)N(CCCOC)C1CCS(=O)(=O)C1.Cl. The zero-order valence-corrected chi connectivity index (χ0v) is 14.6. The lowest BCUT2D eigenvalue weighted by Gasteiger charge is -2.30. The number of halogens is 1. The Balaban J connectivity index is 0.00000400. The highest BCUT2D eigenvalue weighted by atomic mass is 35.5. The van der Waals surface area contributed by atoms with Gasteiger partial charge in [-0.25, -0.2) is 8.42 Å². The number of hydrogen-bond donors (Lipinski definition) is 1. The number of nitrogens with one attached hydrogen (secondary N) is 1. The minimum absolute atomic E-state index is 0. The van der Waals surface area contributed by atoms with E-state index in [1.165, 1.54) is 0 Å². The molecule has 2 atom stereocenters. The van der Waals surface area contributed by atoms with Gasteiger partial charge in [-0.3, -0.25) is 4.79 Å². The first-order valence-electron chi connectivity index (χ1n) is 7.05. The Hall–Kier alpha value is -0.370. The molecule has 0 aliphatic carbocycles. The van der Waals surface area contributed by atoms with Crippen molar-refractivity contribution >= 4 is 28.2 Å². The highest BCUT2D eigenvalue weighted by Crippen LogP contribution is 2.20. The second kappa shape index (κ2) is 9.61. The van der Waals surface area contributed by atoms with Crippen molar-refractivity contribution in [1.82, 2.24) is 10.2 Å². The van der Waals surface area contributed by atoms with E-state index in [0.29, 0.717) is 26.1 Å². The van der Waals surface area contributed by atoms with Crippen LogP contribution in [0.2, 0.25) is 0 Å². The van der Waals surface area contributed by atoms with Gasteiger partial charge in [-0.2, -0.15) is 0 Å². The fourth-order valence-electron chi connectivity index (χ4n) is 2.55. The fourth-order valence-corrected chi connectivity index (χ4v) is 4.28. The molecule has 0 aromatic rings. The normalized spacial score (nSPS) is 21.6. The summed E-state index contributed by atoms with van der Waals surface area (Å²) < 4.78 is 28.3. The topological polar surface area (TPSA) is 75.7 Å². The van der Waals surface area contributed by atoms with Gasteiger partial charge in [-0.05, 0) is 19.9 Å². The average Bonchev–Trinajstić information content (AvgIpc) is 2.74. The maximum absolute atomic E-state index is 12.5. The molecule has 1 N–H and O–H groups in total. The lowest BCUT2D eigenvalue weighted by molar-refractivity contribution is -0.137. The molecule has 21 heavy (non-hydrogen) atoms. The Morgan fingerprint density at radius 2 is 2.14 bits per heavy atom. The molecule has 1 aliphatic rings. The highest BCUT2D eigenvalue weighted by molar-refractivity contribution is 7.91. The summed E-state index contributed by atoms with van der Waals surface area (Å²) >= 11 is 0. The van der Waals surface area contributed by atoms with E-state index in [9.17, 15) is 13.2 Å². The van der Waals surface area contributed by atoms with Crippen LogP contribution in [0.25, 0.3) is 0 Å². The molecule has 2 unspecified atom stereocenters. The van der Waals surface area contributed by atoms with Gasteiger partial charge in [0.1, 0.15) is 0 Å². The van der Waals surface area contributed by atoms with E-state index in [-0.39, 0.29) is 41.8 Å². The monoisotopic (exact) mass is 342 g/mol. The number of carbonyl (C=O) groups is 1. The van der Waals surface area contributed by atoms with Crippen molar-refractivity contribution in [2.75, 3.05) is 45.4 Å². The Morgan fingerprint density at radius 1 is 1.48 bits per heavy atom. The van der Waals surface area contributed by atoms with E-state index in [4.69, 9.17) is 4.74 Å². The van der Waals surface area contributed by atoms with Gasteiger partial charge >= 0.3 is 0 Å². The van der Waals surface area contributed by atoms with Crippen LogP contribution in [0.15, 0.2) is 0 Å². The van der Waals surface area contributed by atoms with Crippen LogP contribution in [0.1, 0.15) is 19.8 Å². The Kier molecular flexibility index (Phi) is 9.44. The molecule has 6 nitrogen and oxygen atoms in total. The number of methoxy groups -OCH3 is 1. The molecule has 1 amide bonds. The third-order valence-corrected chi connectivity index (χ3v) is 5.36. The first-order valence-corrected chi connectivity index (χ1v) is 8.88. The number of sulfone groups is 1. The van der Waals surface area contributed by atoms with Gasteiger partial charge in [0.05, 0.1) is 11.5 Å². The van der Waals surface area contributed by atoms with Crippen molar-refractivity contribution in [3.8, 4) is 0 Å². The summed E-state index contributed by atoms with van der Waals surface area (Å²) in [6.07, 6.45) is 1.28. The quantitative estimate of drug-likeness (QED) is 0.643. The van der Waals surface area contributed by atoms with E-state index in [0.717, 1.165) is 6.42 Å². The summed E-state index contributed by atoms with van der Waals surface area (Å²) in [6.45, 7) is 3.59. The van der Waals surface area contributed by atoms with Gasteiger partial charge in [0.2, 0.25) is 5.91 Å². The largest absolute Gasteiger partial charge is 0.385 e. The van der Waals surface area contributed by atoms with Crippen LogP contribution in [-0.2, 0) is 19.4 Å². The van der Waals surface area contributed by atoms with Crippen LogP contribution in [0, 0.1) is 5.92 Å². The van der Waals surface area contributed by atoms with E-state index >= 15 is 0 Å². The fraction of sp³-hybridized carbons (Fsp3) is 0.923. The molecule has 8 heteroatoms. The standard InChI is InChI=1S/C13H26N2O4S.ClH/c1-11(9-14-2)13(16)15(6-4-7-19-3)12-5-8-20(17,18)10-12;/h11-12,14H,4-10H2,1-3H3;1H. The molecule has 1 aliphatic heterocycles. The third kappa shape index (κ3) is 6.50. The van der Waals surface area contributed by atoms with Crippen LogP contribution in [0.3, 0.4) is 0 Å².